The van der Waals surface area contributed by atoms with Gasteiger partial charge < -0.3 is 14.2 Å². The lowest BCUT2D eigenvalue weighted by Gasteiger charge is -2.19. The summed E-state index contributed by atoms with van der Waals surface area (Å²) in [6.07, 6.45) is 0.246. The Kier molecular flexibility index (Phi) is 3.42. The lowest BCUT2D eigenvalue weighted by atomic mass is 10.1. The maximum absolute atomic E-state index is 11.9. The SMILES string of the molecule is CC(=O)OC(c1ccc2c(c1)OCO2)n1ccc(=O)[nH]c1=O. The molecule has 0 saturated heterocycles. The van der Waals surface area contributed by atoms with Crippen LogP contribution in [-0.2, 0) is 9.53 Å². The molecule has 0 spiro atoms. The first kappa shape index (κ1) is 13.9. The molecule has 8 nitrogen and oxygen atoms in total. The molecule has 1 aliphatic heterocycles. The van der Waals surface area contributed by atoms with Crippen LogP contribution in [0.15, 0.2) is 40.1 Å². The molecule has 1 aliphatic rings. The maximum atomic E-state index is 11.9. The van der Waals surface area contributed by atoms with Gasteiger partial charge in [-0.2, -0.15) is 0 Å². The average Bonchev–Trinajstić information content (AvgIpc) is 2.92. The molecule has 1 N–H and O–H groups in total. The minimum atomic E-state index is -1.02. The van der Waals surface area contributed by atoms with Crippen LogP contribution in [0.3, 0.4) is 0 Å². The monoisotopic (exact) mass is 304 g/mol. The van der Waals surface area contributed by atoms with Crippen molar-refractivity contribution in [3.8, 4) is 11.5 Å². The Morgan fingerprint density at radius 3 is 2.77 bits per heavy atom. The molecule has 0 saturated carbocycles. The molecule has 8 heteroatoms. The van der Waals surface area contributed by atoms with E-state index >= 15 is 0 Å². The number of hydrogen-bond acceptors (Lipinski definition) is 6. The number of esters is 1. The van der Waals surface area contributed by atoms with Gasteiger partial charge in [-0.05, 0) is 18.2 Å². The predicted octanol–water partition coefficient (Wildman–Crippen LogP) is 0.375. The van der Waals surface area contributed by atoms with Crippen LogP contribution in [0.25, 0.3) is 0 Å². The number of carbonyl (C=O) groups excluding carboxylic acids is 1. The van der Waals surface area contributed by atoms with Gasteiger partial charge in [0, 0.05) is 24.8 Å². The summed E-state index contributed by atoms with van der Waals surface area (Å²) < 4.78 is 16.8. The molecule has 0 fully saturated rings. The van der Waals surface area contributed by atoms with Crippen molar-refractivity contribution in [2.75, 3.05) is 6.79 Å². The van der Waals surface area contributed by atoms with Gasteiger partial charge in [-0.25, -0.2) is 4.79 Å². The summed E-state index contributed by atoms with van der Waals surface area (Å²) in [6, 6.07) is 6.10. The van der Waals surface area contributed by atoms with Gasteiger partial charge >= 0.3 is 11.7 Å². The smallest absolute Gasteiger partial charge is 0.331 e. The van der Waals surface area contributed by atoms with Crippen LogP contribution in [0.4, 0.5) is 0 Å². The van der Waals surface area contributed by atoms with Crippen molar-refractivity contribution in [1.82, 2.24) is 9.55 Å². The van der Waals surface area contributed by atoms with Crippen molar-refractivity contribution in [3.63, 3.8) is 0 Å². The third kappa shape index (κ3) is 2.58. The first-order valence-electron chi connectivity index (χ1n) is 6.43. The fourth-order valence-corrected chi connectivity index (χ4v) is 2.12. The molecule has 0 amide bonds. The van der Waals surface area contributed by atoms with Crippen molar-refractivity contribution in [1.29, 1.82) is 0 Å². The van der Waals surface area contributed by atoms with E-state index in [1.807, 2.05) is 0 Å². The number of H-pyrrole nitrogens is 1. The summed E-state index contributed by atoms with van der Waals surface area (Å²) >= 11 is 0. The molecule has 1 aromatic carbocycles. The van der Waals surface area contributed by atoms with Crippen molar-refractivity contribution in [2.24, 2.45) is 0 Å². The standard InChI is InChI=1S/C14H12N2O6/c1-8(17)22-13(16-5-4-12(18)15-14(16)19)9-2-3-10-11(6-9)21-7-20-10/h2-6,13H,7H2,1H3,(H,15,18,19). The van der Waals surface area contributed by atoms with E-state index in [1.54, 1.807) is 18.2 Å². The van der Waals surface area contributed by atoms with Crippen molar-refractivity contribution in [3.05, 3.63) is 56.9 Å². The normalized spacial score (nSPS) is 13.7. The number of fused-ring (bicyclic) bond motifs is 1. The Morgan fingerprint density at radius 1 is 1.27 bits per heavy atom. The molecule has 2 aromatic rings. The van der Waals surface area contributed by atoms with Crippen molar-refractivity contribution < 1.29 is 19.0 Å². The first-order valence-corrected chi connectivity index (χ1v) is 6.43. The highest BCUT2D eigenvalue weighted by Crippen LogP contribution is 2.35. The summed E-state index contributed by atoms with van der Waals surface area (Å²) in [5.74, 6) is 0.493. The topological polar surface area (TPSA) is 99.6 Å². The molecule has 1 atom stereocenters. The Bertz CT molecular complexity index is 838. The first-order chi connectivity index (χ1) is 10.5. The second-order valence-electron chi connectivity index (χ2n) is 4.59. The fraction of sp³-hybridized carbons (Fsp3) is 0.214. The minimum absolute atomic E-state index is 0.107. The highest BCUT2D eigenvalue weighted by atomic mass is 16.7. The Hall–Kier alpha value is -3.03. The van der Waals surface area contributed by atoms with Crippen LogP contribution in [0.2, 0.25) is 0 Å². The summed E-state index contributed by atoms with van der Waals surface area (Å²) in [6.45, 7) is 1.34. The lowest BCUT2D eigenvalue weighted by molar-refractivity contribution is -0.148. The van der Waals surface area contributed by atoms with Gasteiger partial charge in [0.05, 0.1) is 0 Å². The van der Waals surface area contributed by atoms with Crippen molar-refractivity contribution >= 4 is 5.97 Å². The van der Waals surface area contributed by atoms with Gasteiger partial charge in [0.1, 0.15) is 0 Å². The van der Waals surface area contributed by atoms with Crippen molar-refractivity contribution in [2.45, 2.75) is 13.2 Å². The van der Waals surface area contributed by atoms with E-state index < -0.39 is 23.4 Å². The van der Waals surface area contributed by atoms with E-state index in [4.69, 9.17) is 14.2 Å². The molecule has 0 aliphatic carbocycles. The molecule has 1 unspecified atom stereocenters. The number of benzene rings is 1. The molecule has 22 heavy (non-hydrogen) atoms. The van der Waals surface area contributed by atoms with E-state index in [1.165, 1.54) is 19.2 Å². The summed E-state index contributed by atoms with van der Waals surface area (Å²) in [5, 5.41) is 0. The number of ether oxygens (including phenoxy) is 3. The van der Waals surface area contributed by atoms with Gasteiger partial charge in [-0.1, -0.05) is 0 Å². The molecule has 0 radical (unpaired) electrons. The second-order valence-corrected chi connectivity index (χ2v) is 4.59. The number of carbonyl (C=O) groups is 1. The molecule has 1 aromatic heterocycles. The Balaban J connectivity index is 2.08. The number of hydrogen-bond donors (Lipinski definition) is 1. The Labute approximate surface area is 123 Å². The van der Waals surface area contributed by atoms with Crippen LogP contribution < -0.4 is 20.7 Å². The van der Waals surface area contributed by atoms with Crippen LogP contribution >= 0.6 is 0 Å². The van der Waals surface area contributed by atoms with E-state index in [2.05, 4.69) is 4.98 Å². The lowest BCUT2D eigenvalue weighted by Crippen LogP contribution is -2.33. The van der Waals surface area contributed by atoms with E-state index in [0.29, 0.717) is 17.1 Å². The van der Waals surface area contributed by atoms with Gasteiger partial charge in [-0.15, -0.1) is 0 Å². The van der Waals surface area contributed by atoms with E-state index in [0.717, 1.165) is 4.57 Å². The van der Waals surface area contributed by atoms with Crippen LogP contribution in [0.1, 0.15) is 18.7 Å². The maximum Gasteiger partial charge on any atom is 0.331 e. The van der Waals surface area contributed by atoms with E-state index in [-0.39, 0.29) is 6.79 Å². The number of nitrogens with one attached hydrogen (secondary N) is 1. The van der Waals surface area contributed by atoms with Crippen LogP contribution in [0.5, 0.6) is 11.5 Å². The summed E-state index contributed by atoms with van der Waals surface area (Å²) in [5.41, 5.74) is -0.710. The molecule has 3 rings (SSSR count). The zero-order valence-electron chi connectivity index (χ0n) is 11.6. The molecule has 2 heterocycles. The highest BCUT2D eigenvalue weighted by molar-refractivity contribution is 5.66. The van der Waals surface area contributed by atoms with Gasteiger partial charge in [-0.3, -0.25) is 19.1 Å². The second kappa shape index (κ2) is 5.40. The van der Waals surface area contributed by atoms with E-state index in [9.17, 15) is 14.4 Å². The quantitative estimate of drug-likeness (QED) is 0.823. The molecule has 114 valence electrons. The average molecular weight is 304 g/mol. The fourth-order valence-electron chi connectivity index (χ4n) is 2.12. The summed E-state index contributed by atoms with van der Waals surface area (Å²) in [4.78, 5) is 36.6. The highest BCUT2D eigenvalue weighted by Gasteiger charge is 2.22. The number of aromatic nitrogens is 2. The molecular formula is C14H12N2O6. The van der Waals surface area contributed by atoms with Crippen LogP contribution in [-0.4, -0.2) is 22.3 Å². The van der Waals surface area contributed by atoms with Gasteiger partial charge in [0.25, 0.3) is 5.56 Å². The number of rotatable bonds is 3. The third-order valence-electron chi connectivity index (χ3n) is 3.06. The molecular weight excluding hydrogens is 292 g/mol. The zero-order valence-corrected chi connectivity index (χ0v) is 11.6. The third-order valence-corrected chi connectivity index (χ3v) is 3.06. The van der Waals surface area contributed by atoms with Gasteiger partial charge in [0.15, 0.2) is 11.5 Å². The number of nitrogens with zero attached hydrogens (tertiary/aromatic N) is 1. The predicted molar refractivity (Wildman–Crippen MR) is 73.8 cm³/mol. The largest absolute Gasteiger partial charge is 0.454 e. The van der Waals surface area contributed by atoms with Crippen LogP contribution in [0, 0.1) is 0 Å². The number of aromatic amines is 1. The zero-order chi connectivity index (χ0) is 15.7. The minimum Gasteiger partial charge on any atom is -0.454 e. The Morgan fingerprint density at radius 2 is 2.05 bits per heavy atom. The van der Waals surface area contributed by atoms with Gasteiger partial charge in [0.2, 0.25) is 13.0 Å². The summed E-state index contributed by atoms with van der Waals surface area (Å²) in [7, 11) is 0. The molecule has 0 bridgehead atoms.